The summed E-state index contributed by atoms with van der Waals surface area (Å²) in [6.45, 7) is 5.52. The van der Waals surface area contributed by atoms with Crippen LogP contribution in [0.1, 0.15) is 26.2 Å². The molecule has 0 atom stereocenters. The van der Waals surface area contributed by atoms with Crippen molar-refractivity contribution in [3.63, 3.8) is 0 Å². The maximum absolute atomic E-state index is 12.5. The molecule has 0 saturated carbocycles. The number of carbonyl (C=O) groups excluding carboxylic acids is 1. The summed E-state index contributed by atoms with van der Waals surface area (Å²) in [5, 5.41) is 11.1. The SMILES string of the molecule is CCCS(=O)(=O)N1CCC(NC(=O)N2CCN(c3nncn3C)CC2)CC1. The third kappa shape index (κ3) is 4.70. The van der Waals surface area contributed by atoms with E-state index in [-0.39, 0.29) is 17.8 Å². The third-order valence-electron chi connectivity index (χ3n) is 5.17. The molecule has 0 radical (unpaired) electrons. The molecular weight excluding hydrogens is 370 g/mol. The molecule has 0 aliphatic carbocycles. The van der Waals surface area contributed by atoms with Crippen LogP contribution in [0.15, 0.2) is 6.33 Å². The van der Waals surface area contributed by atoms with Gasteiger partial charge in [0.25, 0.3) is 0 Å². The summed E-state index contributed by atoms with van der Waals surface area (Å²) in [5.41, 5.74) is 0. The highest BCUT2D eigenvalue weighted by atomic mass is 32.2. The Morgan fingerprint density at radius 1 is 1.19 bits per heavy atom. The number of sulfonamides is 1. The van der Waals surface area contributed by atoms with Gasteiger partial charge in [-0.25, -0.2) is 17.5 Å². The molecule has 152 valence electrons. The van der Waals surface area contributed by atoms with E-state index in [2.05, 4.69) is 20.4 Å². The van der Waals surface area contributed by atoms with E-state index in [1.54, 1.807) is 10.6 Å². The Bertz CT molecular complexity index is 735. The number of nitrogens with zero attached hydrogens (tertiary/aromatic N) is 6. The summed E-state index contributed by atoms with van der Waals surface area (Å²) in [6, 6.07) is -0.0372. The number of urea groups is 1. The highest BCUT2D eigenvalue weighted by molar-refractivity contribution is 7.89. The van der Waals surface area contributed by atoms with Crippen LogP contribution >= 0.6 is 0 Å². The average molecular weight is 400 g/mol. The van der Waals surface area contributed by atoms with Gasteiger partial charge in [0.05, 0.1) is 5.75 Å². The van der Waals surface area contributed by atoms with Crippen LogP contribution < -0.4 is 10.2 Å². The minimum Gasteiger partial charge on any atom is -0.337 e. The van der Waals surface area contributed by atoms with Crippen molar-refractivity contribution < 1.29 is 13.2 Å². The van der Waals surface area contributed by atoms with Crippen LogP contribution in [0.3, 0.4) is 0 Å². The first-order valence-electron chi connectivity index (χ1n) is 9.53. The van der Waals surface area contributed by atoms with Crippen molar-refractivity contribution in [3.05, 3.63) is 6.33 Å². The minimum absolute atomic E-state index is 0.0300. The van der Waals surface area contributed by atoms with Crippen LogP contribution in [0.25, 0.3) is 0 Å². The molecule has 0 unspecified atom stereocenters. The van der Waals surface area contributed by atoms with E-state index < -0.39 is 10.0 Å². The lowest BCUT2D eigenvalue weighted by atomic mass is 10.1. The lowest BCUT2D eigenvalue weighted by Crippen LogP contribution is -2.55. The molecule has 27 heavy (non-hydrogen) atoms. The molecule has 0 bridgehead atoms. The second-order valence-electron chi connectivity index (χ2n) is 7.15. The number of aryl methyl sites for hydroxylation is 1. The number of rotatable bonds is 5. The summed E-state index contributed by atoms with van der Waals surface area (Å²) in [7, 11) is -1.24. The lowest BCUT2D eigenvalue weighted by Gasteiger charge is -2.37. The zero-order chi connectivity index (χ0) is 19.4. The summed E-state index contributed by atoms with van der Waals surface area (Å²) >= 11 is 0. The van der Waals surface area contributed by atoms with Gasteiger partial charge >= 0.3 is 6.03 Å². The largest absolute Gasteiger partial charge is 0.337 e. The highest BCUT2D eigenvalue weighted by Crippen LogP contribution is 2.16. The monoisotopic (exact) mass is 399 g/mol. The molecule has 1 aromatic rings. The molecule has 2 fully saturated rings. The van der Waals surface area contributed by atoms with Crippen LogP contribution in [0.4, 0.5) is 10.7 Å². The zero-order valence-electron chi connectivity index (χ0n) is 16.0. The Morgan fingerprint density at radius 2 is 1.85 bits per heavy atom. The molecule has 2 aliphatic rings. The summed E-state index contributed by atoms with van der Waals surface area (Å²) in [6.07, 6.45) is 3.61. The Kier molecular flexibility index (Phi) is 6.20. The number of nitrogens with one attached hydrogen (secondary N) is 1. The van der Waals surface area contributed by atoms with Crippen LogP contribution in [0, 0.1) is 0 Å². The van der Waals surface area contributed by atoms with Gasteiger partial charge in [-0.2, -0.15) is 0 Å². The van der Waals surface area contributed by atoms with Gasteiger partial charge in [0, 0.05) is 52.4 Å². The first-order valence-corrected chi connectivity index (χ1v) is 11.1. The molecule has 2 aliphatic heterocycles. The van der Waals surface area contributed by atoms with Crippen molar-refractivity contribution in [3.8, 4) is 0 Å². The molecule has 1 N–H and O–H groups in total. The van der Waals surface area contributed by atoms with E-state index >= 15 is 0 Å². The van der Waals surface area contributed by atoms with Crippen LogP contribution in [-0.4, -0.2) is 89.5 Å². The smallest absolute Gasteiger partial charge is 0.317 e. The standard InChI is InChI=1S/C16H29N7O3S/c1-3-12-27(25,26)23-6-4-14(5-7-23)18-16(24)22-10-8-21(9-11-22)15-19-17-13-20(15)2/h13-14H,3-12H2,1-2H3,(H,18,24). The van der Waals surface area contributed by atoms with Gasteiger partial charge in [-0.1, -0.05) is 6.92 Å². The Balaban J connectivity index is 1.44. The van der Waals surface area contributed by atoms with Gasteiger partial charge in [-0.15, -0.1) is 10.2 Å². The zero-order valence-corrected chi connectivity index (χ0v) is 16.9. The van der Waals surface area contributed by atoms with Crippen molar-refractivity contribution in [2.45, 2.75) is 32.2 Å². The summed E-state index contributed by atoms with van der Waals surface area (Å²) < 4.78 is 27.7. The fraction of sp³-hybridized carbons (Fsp3) is 0.812. The molecule has 10 nitrogen and oxygen atoms in total. The molecular formula is C16H29N7O3S. The summed E-state index contributed by atoms with van der Waals surface area (Å²) in [4.78, 5) is 16.5. The maximum atomic E-state index is 12.5. The molecule has 3 rings (SSSR count). The quantitative estimate of drug-likeness (QED) is 0.739. The van der Waals surface area contributed by atoms with Gasteiger partial charge in [0.15, 0.2) is 0 Å². The Hall–Kier alpha value is -1.88. The van der Waals surface area contributed by atoms with E-state index in [9.17, 15) is 13.2 Å². The normalized spacial score (nSPS) is 20.1. The van der Waals surface area contributed by atoms with Gasteiger partial charge in [0.2, 0.25) is 16.0 Å². The molecule has 0 aromatic carbocycles. The Labute approximate surface area is 160 Å². The van der Waals surface area contributed by atoms with E-state index in [1.165, 1.54) is 0 Å². The van der Waals surface area contributed by atoms with E-state index in [0.717, 1.165) is 5.95 Å². The second kappa shape index (κ2) is 8.42. The lowest BCUT2D eigenvalue weighted by molar-refractivity contribution is 0.183. The maximum Gasteiger partial charge on any atom is 0.317 e. The van der Waals surface area contributed by atoms with Crippen molar-refractivity contribution in [1.82, 2.24) is 29.3 Å². The number of hydrogen-bond acceptors (Lipinski definition) is 6. The number of piperazine rings is 1. The number of anilines is 1. The van der Waals surface area contributed by atoms with E-state index in [4.69, 9.17) is 0 Å². The van der Waals surface area contributed by atoms with E-state index in [0.29, 0.717) is 58.5 Å². The molecule has 0 spiro atoms. The Morgan fingerprint density at radius 3 is 2.41 bits per heavy atom. The number of amides is 2. The third-order valence-corrected chi connectivity index (χ3v) is 7.25. The van der Waals surface area contributed by atoms with Crippen molar-refractivity contribution >= 4 is 22.0 Å². The predicted molar refractivity (Wildman–Crippen MR) is 102 cm³/mol. The van der Waals surface area contributed by atoms with Crippen LogP contribution in [-0.2, 0) is 17.1 Å². The second-order valence-corrected chi connectivity index (χ2v) is 9.24. The topological polar surface area (TPSA) is 104 Å². The number of aromatic nitrogens is 3. The van der Waals surface area contributed by atoms with Gasteiger partial charge in [-0.3, -0.25) is 0 Å². The van der Waals surface area contributed by atoms with Crippen molar-refractivity contribution in [1.29, 1.82) is 0 Å². The van der Waals surface area contributed by atoms with Crippen molar-refractivity contribution in [2.24, 2.45) is 7.05 Å². The number of piperidine rings is 1. The molecule has 11 heteroatoms. The van der Waals surface area contributed by atoms with Gasteiger partial charge in [0.1, 0.15) is 6.33 Å². The first kappa shape index (κ1) is 19.9. The molecule has 1 aromatic heterocycles. The number of carbonyl (C=O) groups is 1. The molecule has 2 saturated heterocycles. The van der Waals surface area contributed by atoms with Gasteiger partial charge in [-0.05, 0) is 19.3 Å². The fourth-order valence-electron chi connectivity index (χ4n) is 3.60. The van der Waals surface area contributed by atoms with Crippen LogP contribution in [0.5, 0.6) is 0 Å². The van der Waals surface area contributed by atoms with Gasteiger partial charge < -0.3 is 19.7 Å². The van der Waals surface area contributed by atoms with Crippen molar-refractivity contribution in [2.75, 3.05) is 49.9 Å². The average Bonchev–Trinajstić information content (AvgIpc) is 3.08. The predicted octanol–water partition coefficient (Wildman–Crippen LogP) is -0.149. The highest BCUT2D eigenvalue weighted by Gasteiger charge is 2.30. The molecule has 3 heterocycles. The van der Waals surface area contributed by atoms with Crippen LogP contribution in [0.2, 0.25) is 0 Å². The number of hydrogen-bond donors (Lipinski definition) is 1. The fourth-order valence-corrected chi connectivity index (χ4v) is 5.15. The molecule has 2 amide bonds. The van der Waals surface area contributed by atoms with E-state index in [1.807, 2.05) is 23.4 Å². The first-order chi connectivity index (χ1) is 12.9. The minimum atomic E-state index is -3.15. The summed E-state index contributed by atoms with van der Waals surface area (Å²) in [5.74, 6) is 1.01.